The first kappa shape index (κ1) is 14.1. The van der Waals surface area contributed by atoms with Gasteiger partial charge in [0.25, 0.3) is 0 Å². The van der Waals surface area contributed by atoms with Gasteiger partial charge in [-0.2, -0.15) is 5.26 Å². The number of rotatable bonds is 5. The maximum Gasteiger partial charge on any atom is 0.226 e. The number of pyridine rings is 1. The zero-order valence-corrected chi connectivity index (χ0v) is 12.2. The van der Waals surface area contributed by atoms with Gasteiger partial charge in [-0.15, -0.1) is 0 Å². The monoisotopic (exact) mass is 283 g/mol. The molecule has 2 aliphatic rings. The van der Waals surface area contributed by atoms with E-state index in [9.17, 15) is 4.79 Å². The lowest BCUT2D eigenvalue weighted by atomic mass is 9.87. The van der Waals surface area contributed by atoms with Gasteiger partial charge in [-0.3, -0.25) is 9.78 Å². The number of nitriles is 1. The van der Waals surface area contributed by atoms with Crippen molar-refractivity contribution >= 4 is 5.91 Å². The maximum absolute atomic E-state index is 12.8. The number of carbonyl (C=O) groups is 1. The zero-order chi connectivity index (χ0) is 14.7. The van der Waals surface area contributed by atoms with E-state index in [1.54, 1.807) is 12.4 Å². The Kier molecular flexibility index (Phi) is 4.19. The molecule has 1 aromatic heterocycles. The molecule has 2 bridgehead atoms. The molecule has 2 saturated carbocycles. The molecule has 0 aliphatic heterocycles. The molecular formula is C17H21N3O. The molecule has 0 N–H and O–H groups in total. The van der Waals surface area contributed by atoms with E-state index >= 15 is 0 Å². The van der Waals surface area contributed by atoms with Crippen molar-refractivity contribution in [2.75, 3.05) is 6.54 Å². The van der Waals surface area contributed by atoms with Gasteiger partial charge in [-0.1, -0.05) is 12.5 Å². The van der Waals surface area contributed by atoms with Crippen LogP contribution in [0.25, 0.3) is 0 Å². The Morgan fingerprint density at radius 2 is 2.33 bits per heavy atom. The summed E-state index contributed by atoms with van der Waals surface area (Å²) in [5.74, 6) is 1.79. The van der Waals surface area contributed by atoms with Gasteiger partial charge in [-0.25, -0.2) is 0 Å². The fourth-order valence-electron chi connectivity index (χ4n) is 3.95. The van der Waals surface area contributed by atoms with E-state index in [4.69, 9.17) is 5.26 Å². The van der Waals surface area contributed by atoms with Crippen molar-refractivity contribution in [1.29, 1.82) is 5.26 Å². The van der Waals surface area contributed by atoms with Gasteiger partial charge in [0.15, 0.2) is 0 Å². The lowest BCUT2D eigenvalue weighted by molar-refractivity contribution is -0.137. The largest absolute Gasteiger partial charge is 0.337 e. The van der Waals surface area contributed by atoms with Crippen LogP contribution in [0.2, 0.25) is 0 Å². The highest BCUT2D eigenvalue weighted by Gasteiger charge is 2.44. The SMILES string of the molecule is N#CCCN(Cc1cccnc1)C(=O)C1CC2CCC1C2. The molecule has 4 heteroatoms. The van der Waals surface area contributed by atoms with Crippen LogP contribution in [0.3, 0.4) is 0 Å². The number of amides is 1. The van der Waals surface area contributed by atoms with Crippen LogP contribution in [0.1, 0.15) is 37.7 Å². The molecule has 21 heavy (non-hydrogen) atoms. The standard InChI is InChI=1S/C17H21N3O/c18-6-2-8-20(12-14-3-1-7-19-11-14)17(21)16-10-13-4-5-15(16)9-13/h1,3,7,11,13,15-16H,2,4-5,8-10,12H2. The van der Waals surface area contributed by atoms with Gasteiger partial charge >= 0.3 is 0 Å². The van der Waals surface area contributed by atoms with Crippen LogP contribution in [0, 0.1) is 29.1 Å². The zero-order valence-electron chi connectivity index (χ0n) is 12.2. The first-order valence-electron chi connectivity index (χ1n) is 7.82. The molecule has 0 saturated heterocycles. The lowest BCUT2D eigenvalue weighted by Crippen LogP contribution is -2.38. The highest BCUT2D eigenvalue weighted by Crippen LogP contribution is 2.48. The minimum atomic E-state index is 0.194. The summed E-state index contributed by atoms with van der Waals surface area (Å²) in [6, 6.07) is 6.03. The average molecular weight is 283 g/mol. The van der Waals surface area contributed by atoms with Crippen molar-refractivity contribution < 1.29 is 4.79 Å². The molecule has 0 spiro atoms. The van der Waals surface area contributed by atoms with Gasteiger partial charge in [0.05, 0.1) is 12.5 Å². The predicted molar refractivity (Wildman–Crippen MR) is 78.8 cm³/mol. The molecule has 2 fully saturated rings. The number of fused-ring (bicyclic) bond motifs is 2. The van der Waals surface area contributed by atoms with Gasteiger partial charge in [0, 0.05) is 31.4 Å². The van der Waals surface area contributed by atoms with Crippen molar-refractivity contribution in [3.05, 3.63) is 30.1 Å². The Balaban J connectivity index is 1.69. The van der Waals surface area contributed by atoms with Crippen molar-refractivity contribution in [2.24, 2.45) is 17.8 Å². The second-order valence-electron chi connectivity index (χ2n) is 6.31. The van der Waals surface area contributed by atoms with Crippen LogP contribution >= 0.6 is 0 Å². The Labute approximate surface area is 125 Å². The molecule has 4 nitrogen and oxygen atoms in total. The number of hydrogen-bond donors (Lipinski definition) is 0. The minimum absolute atomic E-state index is 0.194. The molecule has 3 unspecified atom stereocenters. The highest BCUT2D eigenvalue weighted by atomic mass is 16.2. The Bertz CT molecular complexity index is 537. The summed E-state index contributed by atoms with van der Waals surface area (Å²) in [6.45, 7) is 1.10. The van der Waals surface area contributed by atoms with Crippen molar-refractivity contribution in [3.63, 3.8) is 0 Å². The second-order valence-corrected chi connectivity index (χ2v) is 6.31. The topological polar surface area (TPSA) is 57.0 Å². The summed E-state index contributed by atoms with van der Waals surface area (Å²) in [7, 11) is 0. The number of carbonyl (C=O) groups excluding carboxylic acids is 1. The average Bonchev–Trinajstić information content (AvgIpc) is 3.14. The molecule has 3 rings (SSSR count). The first-order chi connectivity index (χ1) is 10.3. The quantitative estimate of drug-likeness (QED) is 0.835. The molecule has 3 atom stereocenters. The van der Waals surface area contributed by atoms with E-state index in [0.29, 0.717) is 25.4 Å². The molecule has 1 aromatic rings. The van der Waals surface area contributed by atoms with Crippen molar-refractivity contribution in [2.45, 2.75) is 38.6 Å². The first-order valence-corrected chi connectivity index (χ1v) is 7.82. The van der Waals surface area contributed by atoms with Gasteiger partial charge in [0.1, 0.15) is 0 Å². The molecular weight excluding hydrogens is 262 g/mol. The summed E-state index contributed by atoms with van der Waals surface area (Å²) in [4.78, 5) is 18.8. The van der Waals surface area contributed by atoms with Crippen LogP contribution in [-0.2, 0) is 11.3 Å². The van der Waals surface area contributed by atoms with E-state index in [1.807, 2.05) is 17.0 Å². The van der Waals surface area contributed by atoms with Crippen LogP contribution in [-0.4, -0.2) is 22.3 Å². The molecule has 2 aliphatic carbocycles. The highest BCUT2D eigenvalue weighted by molar-refractivity contribution is 5.79. The summed E-state index contributed by atoms with van der Waals surface area (Å²) in [6.07, 6.45) is 8.73. The van der Waals surface area contributed by atoms with E-state index in [0.717, 1.165) is 17.9 Å². The summed E-state index contributed by atoms with van der Waals surface area (Å²) >= 11 is 0. The summed E-state index contributed by atoms with van der Waals surface area (Å²) in [5.41, 5.74) is 1.03. The second kappa shape index (κ2) is 6.26. The Morgan fingerprint density at radius 3 is 2.95 bits per heavy atom. The van der Waals surface area contributed by atoms with Crippen molar-refractivity contribution in [3.8, 4) is 6.07 Å². The third-order valence-electron chi connectivity index (χ3n) is 4.96. The summed E-state index contributed by atoms with van der Waals surface area (Å²) in [5, 5.41) is 8.83. The number of hydrogen-bond acceptors (Lipinski definition) is 3. The van der Waals surface area contributed by atoms with Crippen LogP contribution in [0.15, 0.2) is 24.5 Å². The molecule has 0 aromatic carbocycles. The smallest absolute Gasteiger partial charge is 0.226 e. The predicted octanol–water partition coefficient (Wildman–Crippen LogP) is 2.76. The van der Waals surface area contributed by atoms with Gasteiger partial charge in [0.2, 0.25) is 5.91 Å². The van der Waals surface area contributed by atoms with Crippen LogP contribution in [0.4, 0.5) is 0 Å². The van der Waals surface area contributed by atoms with Gasteiger partial charge in [-0.05, 0) is 42.7 Å². The van der Waals surface area contributed by atoms with E-state index < -0.39 is 0 Å². The Morgan fingerprint density at radius 1 is 1.43 bits per heavy atom. The van der Waals surface area contributed by atoms with E-state index in [2.05, 4.69) is 11.1 Å². The molecule has 110 valence electrons. The molecule has 1 amide bonds. The fraction of sp³-hybridized carbons (Fsp3) is 0.588. The van der Waals surface area contributed by atoms with Crippen LogP contribution < -0.4 is 0 Å². The van der Waals surface area contributed by atoms with E-state index in [-0.39, 0.29) is 11.8 Å². The summed E-state index contributed by atoms with van der Waals surface area (Å²) < 4.78 is 0. The van der Waals surface area contributed by atoms with Crippen molar-refractivity contribution in [1.82, 2.24) is 9.88 Å². The number of nitrogens with zero attached hydrogens (tertiary/aromatic N) is 3. The van der Waals surface area contributed by atoms with Crippen LogP contribution in [0.5, 0.6) is 0 Å². The van der Waals surface area contributed by atoms with Gasteiger partial charge < -0.3 is 4.90 Å². The number of aromatic nitrogens is 1. The lowest BCUT2D eigenvalue weighted by Gasteiger charge is -2.29. The Hall–Kier alpha value is -1.89. The fourth-order valence-corrected chi connectivity index (χ4v) is 3.95. The van der Waals surface area contributed by atoms with E-state index in [1.165, 1.54) is 19.3 Å². The minimum Gasteiger partial charge on any atom is -0.337 e. The normalized spacial score (nSPS) is 26.5. The molecule has 1 heterocycles. The maximum atomic E-state index is 12.8. The molecule has 0 radical (unpaired) electrons. The third-order valence-corrected chi connectivity index (χ3v) is 4.96. The third kappa shape index (κ3) is 3.07.